The smallest absolute Gasteiger partial charge is 0.244 e. The Hall–Kier alpha value is -2.53. The molecule has 2 aliphatic rings. The summed E-state index contributed by atoms with van der Waals surface area (Å²) in [4.78, 5) is 24.5. The Kier molecular flexibility index (Phi) is 5.74. The van der Waals surface area contributed by atoms with E-state index in [0.29, 0.717) is 23.3 Å². The van der Waals surface area contributed by atoms with Gasteiger partial charge in [-0.1, -0.05) is 5.16 Å². The molecule has 0 saturated carbocycles. The van der Waals surface area contributed by atoms with Crippen LogP contribution in [0.25, 0.3) is 11.4 Å². The number of carbonyl (C=O) groups excluding carboxylic acids is 1. The van der Waals surface area contributed by atoms with Crippen LogP contribution < -0.4 is 4.72 Å². The van der Waals surface area contributed by atoms with Crippen LogP contribution in [0.5, 0.6) is 0 Å². The zero-order chi connectivity index (χ0) is 21.3. The van der Waals surface area contributed by atoms with E-state index >= 15 is 0 Å². The van der Waals surface area contributed by atoms with E-state index in [4.69, 9.17) is 4.52 Å². The number of rotatable bonds is 5. The van der Waals surface area contributed by atoms with Gasteiger partial charge in [0.05, 0.1) is 12.3 Å². The maximum atomic E-state index is 11.6. The normalized spacial score (nSPS) is 21.1. The molecule has 2 saturated heterocycles. The van der Waals surface area contributed by atoms with Gasteiger partial charge in [0.1, 0.15) is 5.82 Å². The highest BCUT2D eigenvalue weighted by atomic mass is 32.2. The fourth-order valence-electron chi connectivity index (χ4n) is 4.31. The Morgan fingerprint density at radius 1 is 1.23 bits per heavy atom. The molecule has 2 aliphatic heterocycles. The summed E-state index contributed by atoms with van der Waals surface area (Å²) in [5.74, 6) is 1.32. The molecule has 4 rings (SSSR count). The van der Waals surface area contributed by atoms with E-state index in [1.807, 2.05) is 4.90 Å². The molecule has 11 heteroatoms. The number of sulfonamides is 1. The summed E-state index contributed by atoms with van der Waals surface area (Å²) >= 11 is 0. The van der Waals surface area contributed by atoms with Crippen LogP contribution in [-0.4, -0.2) is 71.2 Å². The van der Waals surface area contributed by atoms with Crippen molar-refractivity contribution in [2.24, 2.45) is 0 Å². The largest absolute Gasteiger partial charge is 0.343 e. The molecule has 162 valence electrons. The van der Waals surface area contributed by atoms with Gasteiger partial charge in [0.15, 0.2) is 0 Å². The number of carbonyl (C=O) groups is 1. The number of nitrogens with zero attached hydrogens (tertiary/aromatic N) is 5. The molecule has 1 N–H and O–H groups in total. The summed E-state index contributed by atoms with van der Waals surface area (Å²) in [6, 6.07) is 3.76. The minimum absolute atomic E-state index is 0.0654. The van der Waals surface area contributed by atoms with Gasteiger partial charge in [-0.2, -0.15) is 4.98 Å². The van der Waals surface area contributed by atoms with Gasteiger partial charge in [-0.05, 0) is 44.4 Å². The molecule has 30 heavy (non-hydrogen) atoms. The molecule has 0 radical (unpaired) electrons. The molecule has 2 aromatic heterocycles. The standard InChI is InChI=1S/C19H26N6O4S/c1-13(26)24-10-6-15(7-11-24)25-9-3-4-16(25)19-21-18(22-29-19)14-5-8-20-17(12-14)23-30(2,27)28/h5,8,12,15-16H,3-4,6-7,9-11H2,1-2H3,(H,20,23). The van der Waals surface area contributed by atoms with E-state index in [0.717, 1.165) is 51.6 Å². The van der Waals surface area contributed by atoms with E-state index in [2.05, 4.69) is 24.7 Å². The quantitative estimate of drug-likeness (QED) is 0.754. The van der Waals surface area contributed by atoms with Crippen molar-refractivity contribution in [1.29, 1.82) is 0 Å². The Balaban J connectivity index is 1.48. The average molecular weight is 435 g/mol. The number of nitrogens with one attached hydrogen (secondary N) is 1. The van der Waals surface area contributed by atoms with Crippen LogP contribution in [-0.2, 0) is 14.8 Å². The second-order valence-electron chi connectivity index (χ2n) is 7.89. The highest BCUT2D eigenvalue weighted by molar-refractivity contribution is 7.92. The molecular formula is C19H26N6O4S. The van der Waals surface area contributed by atoms with Gasteiger partial charge in [0, 0.05) is 37.8 Å². The fourth-order valence-corrected chi connectivity index (χ4v) is 4.80. The van der Waals surface area contributed by atoms with Gasteiger partial charge >= 0.3 is 0 Å². The van der Waals surface area contributed by atoms with Crippen LogP contribution in [0.15, 0.2) is 22.9 Å². The minimum atomic E-state index is -3.42. The maximum absolute atomic E-state index is 11.6. The third-order valence-corrected chi connectivity index (χ3v) is 6.29. The van der Waals surface area contributed by atoms with Crippen LogP contribution in [0, 0.1) is 0 Å². The van der Waals surface area contributed by atoms with Crippen molar-refractivity contribution in [2.45, 2.75) is 44.7 Å². The zero-order valence-corrected chi connectivity index (χ0v) is 17.9. The van der Waals surface area contributed by atoms with Crippen LogP contribution in [0.3, 0.4) is 0 Å². The average Bonchev–Trinajstić information content (AvgIpc) is 3.36. The van der Waals surface area contributed by atoms with Gasteiger partial charge in [-0.3, -0.25) is 14.4 Å². The summed E-state index contributed by atoms with van der Waals surface area (Å²) < 4.78 is 30.8. The highest BCUT2D eigenvalue weighted by Gasteiger charge is 2.37. The van der Waals surface area contributed by atoms with Gasteiger partial charge in [-0.25, -0.2) is 13.4 Å². The molecule has 10 nitrogen and oxygen atoms in total. The van der Waals surface area contributed by atoms with Crippen LogP contribution >= 0.6 is 0 Å². The Morgan fingerprint density at radius 2 is 2.00 bits per heavy atom. The van der Waals surface area contributed by atoms with Crippen LogP contribution in [0.4, 0.5) is 5.82 Å². The predicted molar refractivity (Wildman–Crippen MR) is 110 cm³/mol. The molecule has 0 bridgehead atoms. The van der Waals surface area contributed by atoms with Crippen molar-refractivity contribution in [1.82, 2.24) is 24.9 Å². The van der Waals surface area contributed by atoms with Crippen molar-refractivity contribution in [3.05, 3.63) is 24.2 Å². The molecule has 4 heterocycles. The molecule has 2 aromatic rings. The lowest BCUT2D eigenvalue weighted by molar-refractivity contribution is -0.130. The topological polar surface area (TPSA) is 122 Å². The van der Waals surface area contributed by atoms with Crippen LogP contribution in [0.2, 0.25) is 0 Å². The van der Waals surface area contributed by atoms with Gasteiger partial charge in [-0.15, -0.1) is 0 Å². The van der Waals surface area contributed by atoms with Gasteiger partial charge in [0.25, 0.3) is 0 Å². The summed E-state index contributed by atoms with van der Waals surface area (Å²) in [6.45, 7) is 4.16. The first kappa shape index (κ1) is 20.7. The predicted octanol–water partition coefficient (Wildman–Crippen LogP) is 1.65. The Labute approximate surface area is 175 Å². The third-order valence-electron chi connectivity index (χ3n) is 5.71. The SMILES string of the molecule is CC(=O)N1CCC(N2CCCC2c2nc(-c3ccnc(NS(C)(=O)=O)c3)no2)CC1. The molecule has 0 aliphatic carbocycles. The molecular weight excluding hydrogens is 408 g/mol. The number of anilines is 1. The third kappa shape index (κ3) is 4.62. The summed E-state index contributed by atoms with van der Waals surface area (Å²) in [5, 5.41) is 4.11. The second-order valence-corrected chi connectivity index (χ2v) is 9.64. The molecule has 1 unspecified atom stereocenters. The van der Waals surface area contributed by atoms with E-state index in [1.54, 1.807) is 19.1 Å². The lowest BCUT2D eigenvalue weighted by Crippen LogP contribution is -2.46. The first-order chi connectivity index (χ1) is 14.3. The lowest BCUT2D eigenvalue weighted by Gasteiger charge is -2.38. The highest BCUT2D eigenvalue weighted by Crippen LogP contribution is 2.36. The van der Waals surface area contributed by atoms with Crippen molar-refractivity contribution < 1.29 is 17.7 Å². The van der Waals surface area contributed by atoms with Crippen molar-refractivity contribution in [3.63, 3.8) is 0 Å². The number of amides is 1. The number of hydrogen-bond acceptors (Lipinski definition) is 8. The summed E-state index contributed by atoms with van der Waals surface area (Å²) in [5.41, 5.74) is 0.630. The van der Waals surface area contributed by atoms with E-state index in [1.165, 1.54) is 6.20 Å². The number of aromatic nitrogens is 3. The Bertz CT molecular complexity index is 1020. The molecule has 0 aromatic carbocycles. The molecule has 1 amide bonds. The maximum Gasteiger partial charge on any atom is 0.244 e. The zero-order valence-electron chi connectivity index (χ0n) is 17.1. The van der Waals surface area contributed by atoms with E-state index < -0.39 is 10.0 Å². The fraction of sp³-hybridized carbons (Fsp3) is 0.579. The number of likely N-dealkylation sites (tertiary alicyclic amines) is 2. The van der Waals surface area contributed by atoms with Crippen molar-refractivity contribution in [3.8, 4) is 11.4 Å². The first-order valence-corrected chi connectivity index (χ1v) is 12.0. The summed E-state index contributed by atoms with van der Waals surface area (Å²) in [6.07, 6.45) is 6.48. The van der Waals surface area contributed by atoms with Crippen LogP contribution in [0.1, 0.15) is 44.5 Å². The van der Waals surface area contributed by atoms with Gasteiger partial charge in [0.2, 0.25) is 27.6 Å². The molecule has 0 spiro atoms. The number of hydrogen-bond donors (Lipinski definition) is 1. The molecule has 2 fully saturated rings. The summed E-state index contributed by atoms with van der Waals surface area (Å²) in [7, 11) is -3.42. The van der Waals surface area contributed by atoms with E-state index in [-0.39, 0.29) is 17.8 Å². The van der Waals surface area contributed by atoms with Crippen molar-refractivity contribution >= 4 is 21.7 Å². The molecule has 1 atom stereocenters. The lowest BCUT2D eigenvalue weighted by atomic mass is 10.0. The number of pyridine rings is 1. The van der Waals surface area contributed by atoms with Gasteiger partial charge < -0.3 is 9.42 Å². The minimum Gasteiger partial charge on any atom is -0.343 e. The second kappa shape index (κ2) is 8.31. The Morgan fingerprint density at radius 3 is 2.70 bits per heavy atom. The first-order valence-electron chi connectivity index (χ1n) is 10.1. The van der Waals surface area contributed by atoms with Crippen molar-refractivity contribution in [2.75, 3.05) is 30.6 Å². The number of piperidine rings is 1. The monoisotopic (exact) mass is 434 g/mol. The van der Waals surface area contributed by atoms with E-state index in [9.17, 15) is 13.2 Å².